The van der Waals surface area contributed by atoms with Crippen molar-refractivity contribution >= 4 is 22.8 Å². The molecule has 1 aliphatic rings. The van der Waals surface area contributed by atoms with Crippen molar-refractivity contribution in [1.29, 1.82) is 0 Å². The summed E-state index contributed by atoms with van der Waals surface area (Å²) in [6.45, 7) is 6.07. The Labute approximate surface area is 131 Å². The average molecular weight is 294 g/mol. The Balaban J connectivity index is 2.13. The van der Waals surface area contributed by atoms with Crippen LogP contribution in [0.25, 0.3) is 16.8 Å². The summed E-state index contributed by atoms with van der Waals surface area (Å²) < 4.78 is 0. The first-order valence-corrected chi connectivity index (χ1v) is 7.83. The van der Waals surface area contributed by atoms with Gasteiger partial charge in [-0.15, -0.1) is 0 Å². The molecule has 1 amide bonds. The Morgan fingerprint density at radius 3 is 2.41 bits per heavy atom. The van der Waals surface area contributed by atoms with E-state index in [2.05, 4.69) is 60.2 Å². The van der Waals surface area contributed by atoms with Crippen LogP contribution in [0.5, 0.6) is 0 Å². The fourth-order valence-electron chi connectivity index (χ4n) is 2.93. The van der Waals surface area contributed by atoms with Crippen LogP contribution in [0.2, 0.25) is 0 Å². The zero-order chi connectivity index (χ0) is 15.7. The summed E-state index contributed by atoms with van der Waals surface area (Å²) in [5, 5.41) is 2.53. The molecule has 3 nitrogen and oxygen atoms in total. The standard InChI is InChI=1S/C19H22N2O/c1-4-7-13-10-11-14(16-9-6-5-8-15(13)16)12-17-19(2,3)18(22)21-20-17/h5-6,8-12,20H,4,7H2,1-3H3,(H,21,22)/b17-12-. The lowest BCUT2D eigenvalue weighted by Gasteiger charge is -2.15. The number of fused-ring (bicyclic) bond motifs is 1. The second kappa shape index (κ2) is 5.48. The molecule has 2 aromatic carbocycles. The van der Waals surface area contributed by atoms with E-state index in [4.69, 9.17) is 0 Å². The molecule has 0 bridgehead atoms. The van der Waals surface area contributed by atoms with Crippen LogP contribution in [-0.2, 0) is 11.2 Å². The maximum Gasteiger partial charge on any atom is 0.249 e. The summed E-state index contributed by atoms with van der Waals surface area (Å²) in [4.78, 5) is 11.9. The third kappa shape index (κ3) is 2.37. The lowest BCUT2D eigenvalue weighted by atomic mass is 9.88. The van der Waals surface area contributed by atoms with Crippen LogP contribution in [0.4, 0.5) is 0 Å². The van der Waals surface area contributed by atoms with Crippen molar-refractivity contribution in [2.45, 2.75) is 33.6 Å². The van der Waals surface area contributed by atoms with Gasteiger partial charge in [0.05, 0.1) is 5.41 Å². The number of rotatable bonds is 3. The first-order chi connectivity index (χ1) is 10.5. The predicted octanol–water partition coefficient (Wildman–Crippen LogP) is 3.79. The third-order valence-corrected chi connectivity index (χ3v) is 4.42. The molecular weight excluding hydrogens is 272 g/mol. The molecular formula is C19H22N2O. The van der Waals surface area contributed by atoms with Gasteiger partial charge in [0.1, 0.15) is 0 Å². The maximum absolute atomic E-state index is 11.9. The van der Waals surface area contributed by atoms with Crippen LogP contribution >= 0.6 is 0 Å². The molecule has 3 heteroatoms. The number of benzene rings is 2. The normalized spacial score (nSPS) is 18.5. The second-order valence-electron chi connectivity index (χ2n) is 6.37. The number of hydrazine groups is 1. The monoisotopic (exact) mass is 294 g/mol. The molecule has 0 atom stereocenters. The van der Waals surface area contributed by atoms with Crippen LogP contribution < -0.4 is 10.9 Å². The molecule has 0 saturated carbocycles. The molecule has 1 aliphatic heterocycles. The van der Waals surface area contributed by atoms with E-state index in [1.807, 2.05) is 13.8 Å². The topological polar surface area (TPSA) is 41.1 Å². The lowest BCUT2D eigenvalue weighted by molar-refractivity contribution is -0.125. The molecule has 0 spiro atoms. The summed E-state index contributed by atoms with van der Waals surface area (Å²) in [5.41, 5.74) is 8.62. The largest absolute Gasteiger partial charge is 0.302 e. The van der Waals surface area contributed by atoms with Crippen LogP contribution in [0.3, 0.4) is 0 Å². The van der Waals surface area contributed by atoms with Gasteiger partial charge in [-0.3, -0.25) is 10.2 Å². The second-order valence-corrected chi connectivity index (χ2v) is 6.37. The van der Waals surface area contributed by atoms with Crippen LogP contribution in [-0.4, -0.2) is 5.91 Å². The van der Waals surface area contributed by atoms with Crippen LogP contribution in [0.15, 0.2) is 42.1 Å². The molecule has 0 aliphatic carbocycles. The minimum absolute atomic E-state index is 0.00524. The molecule has 3 rings (SSSR count). The zero-order valence-corrected chi connectivity index (χ0v) is 13.4. The Hall–Kier alpha value is -2.29. The highest BCUT2D eigenvalue weighted by atomic mass is 16.2. The van der Waals surface area contributed by atoms with Crippen molar-refractivity contribution in [2.24, 2.45) is 5.41 Å². The van der Waals surface area contributed by atoms with Gasteiger partial charge in [0.25, 0.3) is 0 Å². The van der Waals surface area contributed by atoms with E-state index in [0.717, 1.165) is 24.1 Å². The minimum atomic E-state index is -0.525. The van der Waals surface area contributed by atoms with Gasteiger partial charge in [0.15, 0.2) is 0 Å². The van der Waals surface area contributed by atoms with E-state index in [9.17, 15) is 4.79 Å². The van der Waals surface area contributed by atoms with E-state index in [0.29, 0.717) is 0 Å². The van der Waals surface area contributed by atoms with E-state index >= 15 is 0 Å². The first kappa shape index (κ1) is 14.6. The van der Waals surface area contributed by atoms with Crippen LogP contribution in [0, 0.1) is 5.41 Å². The predicted molar refractivity (Wildman–Crippen MR) is 91.0 cm³/mol. The van der Waals surface area contributed by atoms with Crippen molar-refractivity contribution in [2.75, 3.05) is 0 Å². The Bertz CT molecular complexity index is 759. The van der Waals surface area contributed by atoms with Crippen molar-refractivity contribution in [3.63, 3.8) is 0 Å². The van der Waals surface area contributed by atoms with Crippen molar-refractivity contribution in [3.05, 3.63) is 53.2 Å². The van der Waals surface area contributed by atoms with Gasteiger partial charge in [-0.25, -0.2) is 0 Å². The van der Waals surface area contributed by atoms with E-state index < -0.39 is 5.41 Å². The highest BCUT2D eigenvalue weighted by molar-refractivity contribution is 5.95. The Morgan fingerprint density at radius 1 is 1.05 bits per heavy atom. The quantitative estimate of drug-likeness (QED) is 0.904. The molecule has 1 saturated heterocycles. The van der Waals surface area contributed by atoms with Gasteiger partial charge in [-0.1, -0.05) is 49.7 Å². The summed E-state index contributed by atoms with van der Waals surface area (Å²) >= 11 is 0. The lowest BCUT2D eigenvalue weighted by Crippen LogP contribution is -2.28. The summed E-state index contributed by atoms with van der Waals surface area (Å²) in [6, 6.07) is 12.8. The number of aryl methyl sites for hydroxylation is 1. The third-order valence-electron chi connectivity index (χ3n) is 4.42. The van der Waals surface area contributed by atoms with Gasteiger partial charge < -0.3 is 5.43 Å². The Morgan fingerprint density at radius 2 is 1.77 bits per heavy atom. The fourth-order valence-corrected chi connectivity index (χ4v) is 2.93. The smallest absolute Gasteiger partial charge is 0.249 e. The van der Waals surface area contributed by atoms with Gasteiger partial charge in [-0.05, 0) is 48.2 Å². The number of hydrogen-bond acceptors (Lipinski definition) is 2. The average Bonchev–Trinajstić information content (AvgIpc) is 2.76. The van der Waals surface area contributed by atoms with E-state index in [1.54, 1.807) is 0 Å². The molecule has 1 heterocycles. The molecule has 114 valence electrons. The summed E-state index contributed by atoms with van der Waals surface area (Å²) in [7, 11) is 0. The Kier molecular flexibility index (Phi) is 3.65. The molecule has 2 aromatic rings. The summed E-state index contributed by atoms with van der Waals surface area (Å²) in [6.07, 6.45) is 4.30. The molecule has 0 aromatic heterocycles. The fraction of sp³-hybridized carbons (Fsp3) is 0.316. The number of hydrogen-bond donors (Lipinski definition) is 2. The number of carbonyl (C=O) groups excluding carboxylic acids is 1. The highest BCUT2D eigenvalue weighted by Crippen LogP contribution is 2.32. The van der Waals surface area contributed by atoms with E-state index in [-0.39, 0.29) is 5.91 Å². The van der Waals surface area contributed by atoms with Gasteiger partial charge in [-0.2, -0.15) is 0 Å². The molecule has 0 radical (unpaired) electrons. The molecule has 2 N–H and O–H groups in total. The van der Waals surface area contributed by atoms with Gasteiger partial charge in [0, 0.05) is 5.70 Å². The van der Waals surface area contributed by atoms with Crippen molar-refractivity contribution in [1.82, 2.24) is 10.9 Å². The van der Waals surface area contributed by atoms with Crippen molar-refractivity contribution in [3.8, 4) is 0 Å². The first-order valence-electron chi connectivity index (χ1n) is 7.83. The number of carbonyl (C=O) groups is 1. The maximum atomic E-state index is 11.9. The van der Waals surface area contributed by atoms with Gasteiger partial charge >= 0.3 is 0 Å². The zero-order valence-electron chi connectivity index (χ0n) is 13.4. The molecule has 22 heavy (non-hydrogen) atoms. The van der Waals surface area contributed by atoms with Gasteiger partial charge in [0.2, 0.25) is 5.91 Å². The minimum Gasteiger partial charge on any atom is -0.302 e. The van der Waals surface area contributed by atoms with Crippen LogP contribution in [0.1, 0.15) is 38.3 Å². The van der Waals surface area contributed by atoms with Crippen molar-refractivity contribution < 1.29 is 4.79 Å². The number of nitrogens with one attached hydrogen (secondary N) is 2. The van der Waals surface area contributed by atoms with E-state index in [1.165, 1.54) is 16.3 Å². The summed E-state index contributed by atoms with van der Waals surface area (Å²) in [5.74, 6) is 0.00524. The molecule has 0 unspecified atom stereocenters. The highest BCUT2D eigenvalue weighted by Gasteiger charge is 2.37. The SMILES string of the molecule is CCCc1ccc(/C=C2\NNC(=O)C2(C)C)c2ccccc12. The molecule has 1 fully saturated rings. The number of amides is 1.